The van der Waals surface area contributed by atoms with Gasteiger partial charge in [0.05, 0.1) is 23.8 Å². The predicted molar refractivity (Wildman–Crippen MR) is 108 cm³/mol. The number of nitrogens with one attached hydrogen (secondary N) is 1. The maximum absolute atomic E-state index is 12.3. The predicted octanol–water partition coefficient (Wildman–Crippen LogP) is 4.35. The molecule has 1 aromatic carbocycles. The molecule has 1 amide bonds. The summed E-state index contributed by atoms with van der Waals surface area (Å²) in [6, 6.07) is 5.93. The minimum absolute atomic E-state index is 0.0801. The molecule has 2 aromatic rings. The van der Waals surface area contributed by atoms with Crippen LogP contribution >= 0.6 is 0 Å². The molecule has 0 bridgehead atoms. The van der Waals surface area contributed by atoms with Gasteiger partial charge in [0.15, 0.2) is 0 Å². The number of hydrogen-bond donors (Lipinski definition) is 1. The molecular formula is C22H28N2O3. The Hall–Kier alpha value is -2.40. The van der Waals surface area contributed by atoms with Crippen LogP contribution in [0.15, 0.2) is 30.5 Å². The Labute approximate surface area is 160 Å². The fraction of sp³-hybridized carbons (Fsp3) is 0.455. The highest BCUT2D eigenvalue weighted by Crippen LogP contribution is 2.38. The smallest absolute Gasteiger partial charge is 0.253 e. The number of pyridine rings is 1. The number of nitrogens with zero attached hydrogens (tertiary/aromatic N) is 1. The topological polar surface area (TPSA) is 60.5 Å². The number of amides is 1. The number of fused-ring (bicyclic) bond motifs is 1. The van der Waals surface area contributed by atoms with Crippen molar-refractivity contribution < 1.29 is 14.3 Å². The van der Waals surface area contributed by atoms with Crippen molar-refractivity contribution in [3.63, 3.8) is 0 Å². The van der Waals surface area contributed by atoms with Crippen molar-refractivity contribution in [3.8, 4) is 5.75 Å². The molecule has 0 saturated carbocycles. The van der Waals surface area contributed by atoms with Gasteiger partial charge in [-0.1, -0.05) is 6.08 Å². The van der Waals surface area contributed by atoms with Crippen molar-refractivity contribution in [1.29, 1.82) is 0 Å². The molecule has 3 rings (SSSR count). The second kappa shape index (κ2) is 7.69. The van der Waals surface area contributed by atoms with Gasteiger partial charge in [0, 0.05) is 30.3 Å². The van der Waals surface area contributed by atoms with Crippen LogP contribution in [0.1, 0.15) is 56.0 Å². The lowest BCUT2D eigenvalue weighted by molar-refractivity contribution is 0.000135. The normalized spacial score (nSPS) is 19.9. The van der Waals surface area contributed by atoms with Crippen LogP contribution in [0.3, 0.4) is 0 Å². The van der Waals surface area contributed by atoms with Gasteiger partial charge in [-0.15, -0.1) is 0 Å². The van der Waals surface area contributed by atoms with Crippen LogP contribution in [0.4, 0.5) is 0 Å². The quantitative estimate of drug-likeness (QED) is 0.852. The largest absolute Gasteiger partial charge is 0.497 e. The summed E-state index contributed by atoms with van der Waals surface area (Å²) in [5.41, 5.74) is 3.66. The summed E-state index contributed by atoms with van der Waals surface area (Å²) < 4.78 is 11.1. The van der Waals surface area contributed by atoms with Crippen molar-refractivity contribution in [2.75, 3.05) is 14.2 Å². The third kappa shape index (κ3) is 4.14. The van der Waals surface area contributed by atoms with E-state index in [2.05, 4.69) is 23.3 Å². The van der Waals surface area contributed by atoms with Crippen LogP contribution in [-0.2, 0) is 4.74 Å². The number of carbonyl (C=O) groups excluding carboxylic acids is 1. The fourth-order valence-corrected chi connectivity index (χ4v) is 3.43. The maximum Gasteiger partial charge on any atom is 0.253 e. The van der Waals surface area contributed by atoms with Crippen molar-refractivity contribution in [2.24, 2.45) is 0 Å². The van der Waals surface area contributed by atoms with Crippen molar-refractivity contribution >= 4 is 22.4 Å². The lowest BCUT2D eigenvalue weighted by Crippen LogP contribution is -2.30. The third-order valence-electron chi connectivity index (χ3n) is 5.22. The first kappa shape index (κ1) is 19.4. The van der Waals surface area contributed by atoms with Crippen LogP contribution in [0, 0.1) is 0 Å². The Bertz CT molecular complexity index is 889. The van der Waals surface area contributed by atoms with E-state index in [9.17, 15) is 4.79 Å². The number of aromatic nitrogens is 1. The van der Waals surface area contributed by atoms with Gasteiger partial charge in [0.25, 0.3) is 5.91 Å². The first-order chi connectivity index (χ1) is 12.8. The highest BCUT2D eigenvalue weighted by atomic mass is 16.5. The van der Waals surface area contributed by atoms with Gasteiger partial charge in [-0.05, 0) is 63.8 Å². The highest BCUT2D eigenvalue weighted by molar-refractivity contribution is 6.00. The van der Waals surface area contributed by atoms with Crippen molar-refractivity contribution in [1.82, 2.24) is 10.3 Å². The lowest BCUT2D eigenvalue weighted by atomic mass is 9.83. The highest BCUT2D eigenvalue weighted by Gasteiger charge is 2.27. The van der Waals surface area contributed by atoms with E-state index in [1.807, 2.05) is 32.0 Å². The molecule has 5 heteroatoms. The van der Waals surface area contributed by atoms with Gasteiger partial charge < -0.3 is 14.8 Å². The molecule has 27 heavy (non-hydrogen) atoms. The number of hydrogen-bond acceptors (Lipinski definition) is 4. The van der Waals surface area contributed by atoms with E-state index in [1.165, 1.54) is 5.57 Å². The Morgan fingerprint density at radius 3 is 2.63 bits per heavy atom. The SMILES string of the molecule is COc1cc(C2=CCC(C)(OC)CC2)c2ncc(C(=O)NC(C)C)cc2c1. The molecule has 0 radical (unpaired) electrons. The Morgan fingerprint density at radius 2 is 2.04 bits per heavy atom. The molecule has 5 nitrogen and oxygen atoms in total. The molecule has 1 atom stereocenters. The van der Waals surface area contributed by atoms with Crippen LogP contribution < -0.4 is 10.1 Å². The fourth-order valence-electron chi connectivity index (χ4n) is 3.43. The van der Waals surface area contributed by atoms with Crippen LogP contribution in [0.5, 0.6) is 5.75 Å². The van der Waals surface area contributed by atoms with E-state index in [-0.39, 0.29) is 17.6 Å². The molecule has 1 aliphatic carbocycles. The molecule has 0 spiro atoms. The lowest BCUT2D eigenvalue weighted by Gasteiger charge is -2.31. The second-order valence-corrected chi connectivity index (χ2v) is 7.69. The number of ether oxygens (including phenoxy) is 2. The Kier molecular flexibility index (Phi) is 5.51. The summed E-state index contributed by atoms with van der Waals surface area (Å²) in [7, 11) is 3.43. The number of rotatable bonds is 5. The van der Waals surface area contributed by atoms with Gasteiger partial charge in [-0.2, -0.15) is 0 Å². The molecule has 1 aromatic heterocycles. The molecule has 0 saturated heterocycles. The summed E-state index contributed by atoms with van der Waals surface area (Å²) in [5, 5.41) is 3.81. The summed E-state index contributed by atoms with van der Waals surface area (Å²) in [6.07, 6.45) is 6.64. The molecule has 0 fully saturated rings. The summed E-state index contributed by atoms with van der Waals surface area (Å²) in [6.45, 7) is 6.02. The zero-order valence-electron chi connectivity index (χ0n) is 16.8. The number of allylic oxidation sites excluding steroid dienone is 1. The Morgan fingerprint density at radius 1 is 1.26 bits per heavy atom. The molecule has 1 unspecified atom stereocenters. The van der Waals surface area contributed by atoms with E-state index in [1.54, 1.807) is 20.4 Å². The van der Waals surface area contributed by atoms with Crippen LogP contribution in [0.2, 0.25) is 0 Å². The number of carbonyl (C=O) groups is 1. The van der Waals surface area contributed by atoms with Crippen molar-refractivity contribution in [2.45, 2.75) is 51.7 Å². The summed E-state index contributed by atoms with van der Waals surface area (Å²) in [5.74, 6) is 0.651. The first-order valence-corrected chi connectivity index (χ1v) is 9.38. The third-order valence-corrected chi connectivity index (χ3v) is 5.22. The van der Waals surface area contributed by atoms with Gasteiger partial charge >= 0.3 is 0 Å². The van der Waals surface area contributed by atoms with E-state index in [0.29, 0.717) is 5.56 Å². The van der Waals surface area contributed by atoms with Crippen LogP contribution in [0.25, 0.3) is 16.5 Å². The minimum atomic E-state index is -0.114. The Balaban J connectivity index is 2.04. The molecule has 144 valence electrons. The zero-order valence-corrected chi connectivity index (χ0v) is 16.8. The molecule has 1 N–H and O–H groups in total. The van der Waals surface area contributed by atoms with E-state index in [0.717, 1.165) is 41.5 Å². The number of methoxy groups -OCH3 is 2. The zero-order chi connectivity index (χ0) is 19.6. The van der Waals surface area contributed by atoms with E-state index in [4.69, 9.17) is 9.47 Å². The molecule has 1 heterocycles. The second-order valence-electron chi connectivity index (χ2n) is 7.69. The van der Waals surface area contributed by atoms with Gasteiger partial charge in [-0.3, -0.25) is 9.78 Å². The summed E-state index contributed by atoms with van der Waals surface area (Å²) >= 11 is 0. The van der Waals surface area contributed by atoms with Gasteiger partial charge in [-0.25, -0.2) is 0 Å². The van der Waals surface area contributed by atoms with E-state index >= 15 is 0 Å². The standard InChI is InChI=1S/C22H28N2O3/c1-14(2)24-21(25)17-10-16-11-18(26-4)12-19(20(16)23-13-17)15-6-8-22(3,27-5)9-7-15/h6,10-14H,7-9H2,1-5H3,(H,24,25). The van der Waals surface area contributed by atoms with Crippen molar-refractivity contribution in [3.05, 3.63) is 41.6 Å². The molecule has 1 aliphatic rings. The maximum atomic E-state index is 12.3. The van der Waals surface area contributed by atoms with Gasteiger partial charge in [0.2, 0.25) is 0 Å². The average molecular weight is 368 g/mol. The monoisotopic (exact) mass is 368 g/mol. The molecular weight excluding hydrogens is 340 g/mol. The molecule has 0 aliphatic heterocycles. The first-order valence-electron chi connectivity index (χ1n) is 9.38. The van der Waals surface area contributed by atoms with E-state index < -0.39 is 0 Å². The summed E-state index contributed by atoms with van der Waals surface area (Å²) in [4.78, 5) is 17.0. The van der Waals surface area contributed by atoms with Crippen LogP contribution in [-0.4, -0.2) is 36.8 Å². The number of benzene rings is 1. The average Bonchev–Trinajstić information content (AvgIpc) is 2.66. The van der Waals surface area contributed by atoms with Gasteiger partial charge in [0.1, 0.15) is 5.75 Å². The minimum Gasteiger partial charge on any atom is -0.497 e.